The molecule has 0 aliphatic rings. The number of nitrogens with zero attached hydrogens (tertiary/aromatic N) is 1. The molecule has 3 nitrogen and oxygen atoms in total. The highest BCUT2D eigenvalue weighted by Gasteiger charge is 2.32. The van der Waals surface area contributed by atoms with Crippen molar-refractivity contribution in [2.24, 2.45) is 5.73 Å². The van der Waals surface area contributed by atoms with Gasteiger partial charge in [0.05, 0.1) is 6.67 Å². The van der Waals surface area contributed by atoms with Crippen LogP contribution in [-0.2, 0) is 4.79 Å². The second-order valence-electron chi connectivity index (χ2n) is 1.68. The molecule has 0 aliphatic carbocycles. The second-order valence-corrected chi connectivity index (χ2v) is 3.96. The van der Waals surface area contributed by atoms with Crippen LogP contribution in [0.5, 0.6) is 0 Å². The fourth-order valence-corrected chi connectivity index (χ4v) is 0.732. The standard InChI is InChI=1S/C4H7Cl3N2O/c1-9(2-8)3(10)4(5,6)7/h2,8H2,1H3. The van der Waals surface area contributed by atoms with Gasteiger partial charge in [-0.05, 0) is 0 Å². The molecule has 0 atom stereocenters. The van der Waals surface area contributed by atoms with Gasteiger partial charge < -0.3 is 10.6 Å². The van der Waals surface area contributed by atoms with E-state index in [2.05, 4.69) is 0 Å². The van der Waals surface area contributed by atoms with Gasteiger partial charge in [0.1, 0.15) is 0 Å². The summed E-state index contributed by atoms with van der Waals surface area (Å²) in [6.07, 6.45) is 0. The van der Waals surface area contributed by atoms with Crippen LogP contribution in [0.1, 0.15) is 0 Å². The number of carbonyl (C=O) groups excluding carboxylic acids is 1. The smallest absolute Gasteiger partial charge is 0.275 e. The van der Waals surface area contributed by atoms with Crippen LogP contribution in [0.25, 0.3) is 0 Å². The number of hydrogen-bond acceptors (Lipinski definition) is 2. The number of halogens is 3. The van der Waals surface area contributed by atoms with E-state index in [1.165, 1.54) is 7.05 Å². The number of rotatable bonds is 1. The van der Waals surface area contributed by atoms with Gasteiger partial charge in [0.2, 0.25) is 0 Å². The normalized spacial score (nSPS) is 11.3. The van der Waals surface area contributed by atoms with E-state index in [1.54, 1.807) is 0 Å². The van der Waals surface area contributed by atoms with Crippen molar-refractivity contribution in [3.8, 4) is 0 Å². The average molecular weight is 205 g/mol. The first kappa shape index (κ1) is 10.3. The monoisotopic (exact) mass is 204 g/mol. The van der Waals surface area contributed by atoms with E-state index in [4.69, 9.17) is 40.5 Å². The van der Waals surface area contributed by atoms with Crippen molar-refractivity contribution < 1.29 is 4.79 Å². The first-order valence-corrected chi connectivity index (χ1v) is 3.55. The van der Waals surface area contributed by atoms with Crippen LogP contribution >= 0.6 is 34.8 Å². The fraction of sp³-hybridized carbons (Fsp3) is 0.750. The molecule has 0 bridgehead atoms. The van der Waals surface area contributed by atoms with E-state index >= 15 is 0 Å². The average Bonchev–Trinajstić information content (AvgIpc) is 1.83. The summed E-state index contributed by atoms with van der Waals surface area (Å²) in [7, 11) is 1.45. The third-order valence-corrected chi connectivity index (χ3v) is 1.35. The Bertz CT molecular complexity index is 133. The molecule has 0 aromatic heterocycles. The molecule has 2 N–H and O–H groups in total. The van der Waals surface area contributed by atoms with E-state index in [9.17, 15) is 4.79 Å². The Morgan fingerprint density at radius 2 is 2.00 bits per heavy atom. The van der Waals surface area contributed by atoms with Gasteiger partial charge in [0.25, 0.3) is 9.70 Å². The molecule has 0 aromatic rings. The van der Waals surface area contributed by atoms with Crippen molar-refractivity contribution in [2.75, 3.05) is 13.7 Å². The fourth-order valence-electron chi connectivity index (χ4n) is 0.299. The predicted molar refractivity (Wildman–Crippen MR) is 42.1 cm³/mol. The van der Waals surface area contributed by atoms with Gasteiger partial charge in [-0.1, -0.05) is 34.8 Å². The Kier molecular flexibility index (Phi) is 3.73. The molecule has 0 radical (unpaired) electrons. The van der Waals surface area contributed by atoms with Crippen molar-refractivity contribution in [1.82, 2.24) is 4.90 Å². The highest BCUT2D eigenvalue weighted by Crippen LogP contribution is 2.27. The predicted octanol–water partition coefficient (Wildman–Crippen LogP) is 0.731. The van der Waals surface area contributed by atoms with Crippen molar-refractivity contribution in [3.63, 3.8) is 0 Å². The summed E-state index contributed by atoms with van der Waals surface area (Å²) in [6.45, 7) is 0.0345. The summed E-state index contributed by atoms with van der Waals surface area (Å²) < 4.78 is -1.89. The van der Waals surface area contributed by atoms with Crippen LogP contribution in [0.4, 0.5) is 0 Å². The maximum Gasteiger partial charge on any atom is 0.275 e. The van der Waals surface area contributed by atoms with E-state index in [0.717, 1.165) is 4.90 Å². The first-order chi connectivity index (χ1) is 4.39. The lowest BCUT2D eigenvalue weighted by Gasteiger charge is -2.18. The van der Waals surface area contributed by atoms with Crippen molar-refractivity contribution in [3.05, 3.63) is 0 Å². The van der Waals surface area contributed by atoms with Gasteiger partial charge in [-0.2, -0.15) is 0 Å². The highest BCUT2D eigenvalue weighted by molar-refractivity contribution is 6.76. The minimum absolute atomic E-state index is 0.0345. The minimum atomic E-state index is -1.89. The summed E-state index contributed by atoms with van der Waals surface area (Å²) in [5, 5.41) is 0. The van der Waals surface area contributed by atoms with Crippen LogP contribution in [0.3, 0.4) is 0 Å². The van der Waals surface area contributed by atoms with E-state index in [0.29, 0.717) is 0 Å². The molecule has 1 amide bonds. The lowest BCUT2D eigenvalue weighted by Crippen LogP contribution is -2.39. The molecule has 0 aliphatic heterocycles. The maximum atomic E-state index is 10.8. The zero-order valence-corrected chi connectivity index (χ0v) is 7.54. The Labute approximate surface area is 74.0 Å². The molecule has 0 saturated carbocycles. The van der Waals surface area contributed by atoms with E-state index in [-0.39, 0.29) is 6.67 Å². The van der Waals surface area contributed by atoms with Crippen molar-refractivity contribution >= 4 is 40.7 Å². The molecular formula is C4H7Cl3N2O. The summed E-state index contributed by atoms with van der Waals surface area (Å²) in [4.78, 5) is 12.0. The Balaban J connectivity index is 4.09. The Morgan fingerprint density at radius 1 is 1.60 bits per heavy atom. The number of carbonyl (C=O) groups is 1. The largest absolute Gasteiger partial charge is 0.329 e. The van der Waals surface area contributed by atoms with Crippen LogP contribution < -0.4 is 5.73 Å². The number of amides is 1. The van der Waals surface area contributed by atoms with Crippen molar-refractivity contribution in [1.29, 1.82) is 0 Å². The molecule has 0 heterocycles. The van der Waals surface area contributed by atoms with E-state index in [1.807, 2.05) is 0 Å². The molecule has 0 aromatic carbocycles. The van der Waals surface area contributed by atoms with E-state index < -0.39 is 9.70 Å². The van der Waals surface area contributed by atoms with Crippen LogP contribution in [-0.4, -0.2) is 28.3 Å². The number of nitrogens with two attached hydrogens (primary N) is 1. The molecule has 0 spiro atoms. The quantitative estimate of drug-likeness (QED) is 0.507. The van der Waals surface area contributed by atoms with Crippen LogP contribution in [0.15, 0.2) is 0 Å². The third-order valence-electron chi connectivity index (χ3n) is 0.863. The Hall–Kier alpha value is 0.300. The topological polar surface area (TPSA) is 46.3 Å². The number of alkyl halides is 3. The SMILES string of the molecule is CN(CN)C(=O)C(Cl)(Cl)Cl. The molecule has 10 heavy (non-hydrogen) atoms. The van der Waals surface area contributed by atoms with Crippen LogP contribution in [0.2, 0.25) is 0 Å². The summed E-state index contributed by atoms with van der Waals surface area (Å²) >= 11 is 15.7. The summed E-state index contributed by atoms with van der Waals surface area (Å²) in [5.74, 6) is -0.625. The summed E-state index contributed by atoms with van der Waals surface area (Å²) in [6, 6.07) is 0. The molecule has 60 valence electrons. The third kappa shape index (κ3) is 2.92. The molecule has 0 unspecified atom stereocenters. The maximum absolute atomic E-state index is 10.8. The second kappa shape index (κ2) is 3.62. The Morgan fingerprint density at radius 3 is 2.10 bits per heavy atom. The highest BCUT2D eigenvalue weighted by atomic mass is 35.6. The molecule has 6 heteroatoms. The number of hydrogen-bond donors (Lipinski definition) is 1. The van der Waals surface area contributed by atoms with Crippen molar-refractivity contribution in [2.45, 2.75) is 3.79 Å². The molecule has 0 fully saturated rings. The van der Waals surface area contributed by atoms with Gasteiger partial charge in [0.15, 0.2) is 0 Å². The zero-order valence-electron chi connectivity index (χ0n) is 5.27. The van der Waals surface area contributed by atoms with Gasteiger partial charge in [-0.3, -0.25) is 4.79 Å². The zero-order chi connectivity index (χ0) is 8.36. The minimum Gasteiger partial charge on any atom is -0.329 e. The molecule has 0 rings (SSSR count). The lowest BCUT2D eigenvalue weighted by atomic mass is 10.6. The molecular weight excluding hydrogens is 198 g/mol. The molecule has 0 saturated heterocycles. The van der Waals surface area contributed by atoms with Crippen LogP contribution in [0, 0.1) is 0 Å². The first-order valence-electron chi connectivity index (χ1n) is 2.42. The van der Waals surface area contributed by atoms with Gasteiger partial charge >= 0.3 is 0 Å². The summed E-state index contributed by atoms with van der Waals surface area (Å²) in [5.41, 5.74) is 5.10. The van der Waals surface area contributed by atoms with Gasteiger partial charge in [0, 0.05) is 7.05 Å². The van der Waals surface area contributed by atoms with Gasteiger partial charge in [-0.15, -0.1) is 0 Å². The lowest BCUT2D eigenvalue weighted by molar-refractivity contribution is -0.128. The van der Waals surface area contributed by atoms with Gasteiger partial charge in [-0.25, -0.2) is 0 Å².